The summed E-state index contributed by atoms with van der Waals surface area (Å²) in [6, 6.07) is 4.48. The number of nitrogens with zero attached hydrogens (tertiary/aromatic N) is 1. The van der Waals surface area contributed by atoms with Gasteiger partial charge in [0.05, 0.1) is 18.5 Å². The molecule has 0 spiro atoms. The van der Waals surface area contributed by atoms with Crippen molar-refractivity contribution in [3.63, 3.8) is 0 Å². The third-order valence-corrected chi connectivity index (χ3v) is 2.53. The Bertz CT molecular complexity index is 451. The fourth-order valence-corrected chi connectivity index (χ4v) is 1.54. The third-order valence-electron chi connectivity index (χ3n) is 2.29. The fraction of sp³-hybridized carbons (Fsp3) is 0.364. The van der Waals surface area contributed by atoms with E-state index in [1.54, 1.807) is 12.1 Å². The molecule has 6 nitrogen and oxygen atoms in total. The highest BCUT2D eigenvalue weighted by atomic mass is 35.5. The molecule has 98 valence electrons. The molecule has 0 saturated carbocycles. The maximum atomic E-state index is 10.9. The topological polar surface area (TPSA) is 81.5 Å². The van der Waals surface area contributed by atoms with Crippen LogP contribution in [-0.4, -0.2) is 24.5 Å². The van der Waals surface area contributed by atoms with E-state index in [0.29, 0.717) is 23.7 Å². The number of carbonyl (C=O) groups excluding carboxylic acids is 1. The summed E-state index contributed by atoms with van der Waals surface area (Å²) < 4.78 is 4.48. The number of nitro benzene ring substituents is 1. The van der Waals surface area contributed by atoms with Crippen molar-refractivity contribution in [2.45, 2.75) is 13.0 Å². The average Bonchev–Trinajstić information content (AvgIpc) is 2.35. The number of carbonyl (C=O) groups is 1. The van der Waals surface area contributed by atoms with Crippen LogP contribution in [0.15, 0.2) is 18.2 Å². The fourth-order valence-electron chi connectivity index (χ4n) is 1.37. The standard InChI is InChI=1S/C11H13ClN2O4/c1-18-11(15)4-5-13-7-8-2-3-9(12)6-10(8)14(16)17/h2-3,6,13H,4-5,7H2,1H3. The number of ether oxygens (including phenoxy) is 1. The van der Waals surface area contributed by atoms with Gasteiger partial charge in [-0.1, -0.05) is 11.6 Å². The first-order valence-corrected chi connectivity index (χ1v) is 5.62. The normalized spacial score (nSPS) is 10.1. The summed E-state index contributed by atoms with van der Waals surface area (Å²) in [5, 5.41) is 14.1. The summed E-state index contributed by atoms with van der Waals surface area (Å²) in [5.41, 5.74) is 0.488. The van der Waals surface area contributed by atoms with Crippen molar-refractivity contribution in [3.8, 4) is 0 Å². The molecular formula is C11H13ClN2O4. The van der Waals surface area contributed by atoms with Gasteiger partial charge >= 0.3 is 5.97 Å². The number of esters is 1. The Morgan fingerprint density at radius 3 is 2.89 bits per heavy atom. The van der Waals surface area contributed by atoms with Crippen LogP contribution in [0.3, 0.4) is 0 Å². The summed E-state index contributed by atoms with van der Waals surface area (Å²) in [7, 11) is 1.31. The Morgan fingerprint density at radius 1 is 1.56 bits per heavy atom. The quantitative estimate of drug-likeness (QED) is 0.370. The molecule has 0 aliphatic rings. The number of hydrogen-bond acceptors (Lipinski definition) is 5. The zero-order valence-electron chi connectivity index (χ0n) is 9.81. The molecule has 1 N–H and O–H groups in total. The summed E-state index contributed by atoms with van der Waals surface area (Å²) in [4.78, 5) is 21.2. The van der Waals surface area contributed by atoms with Crippen molar-refractivity contribution in [2.75, 3.05) is 13.7 Å². The maximum absolute atomic E-state index is 10.9. The Hall–Kier alpha value is -1.66. The second-order valence-electron chi connectivity index (χ2n) is 3.53. The molecule has 0 aromatic heterocycles. The van der Waals surface area contributed by atoms with Gasteiger partial charge in [-0.25, -0.2) is 0 Å². The second-order valence-corrected chi connectivity index (χ2v) is 3.97. The maximum Gasteiger partial charge on any atom is 0.306 e. The van der Waals surface area contributed by atoms with Gasteiger partial charge in [-0.2, -0.15) is 0 Å². The van der Waals surface area contributed by atoms with Crippen LogP contribution in [0.4, 0.5) is 5.69 Å². The van der Waals surface area contributed by atoms with Gasteiger partial charge in [-0.15, -0.1) is 0 Å². The zero-order chi connectivity index (χ0) is 13.5. The van der Waals surface area contributed by atoms with Gasteiger partial charge in [0, 0.05) is 29.7 Å². The molecule has 0 aliphatic carbocycles. The molecule has 0 heterocycles. The molecule has 0 bridgehead atoms. The van der Waals surface area contributed by atoms with Crippen molar-refractivity contribution in [2.24, 2.45) is 0 Å². The summed E-state index contributed by atoms with van der Waals surface area (Å²) in [6.45, 7) is 0.691. The van der Waals surface area contributed by atoms with E-state index >= 15 is 0 Å². The lowest BCUT2D eigenvalue weighted by Gasteiger charge is -2.05. The molecule has 0 unspecified atom stereocenters. The zero-order valence-corrected chi connectivity index (χ0v) is 10.6. The van der Waals surface area contributed by atoms with Crippen molar-refractivity contribution >= 4 is 23.3 Å². The predicted molar refractivity (Wildman–Crippen MR) is 66.4 cm³/mol. The highest BCUT2D eigenvalue weighted by Crippen LogP contribution is 2.22. The van der Waals surface area contributed by atoms with E-state index in [-0.39, 0.29) is 18.1 Å². The highest BCUT2D eigenvalue weighted by molar-refractivity contribution is 6.30. The van der Waals surface area contributed by atoms with Crippen molar-refractivity contribution in [1.29, 1.82) is 0 Å². The van der Waals surface area contributed by atoms with Gasteiger partial charge in [-0.05, 0) is 12.1 Å². The van der Waals surface area contributed by atoms with Gasteiger partial charge in [0.2, 0.25) is 0 Å². The smallest absolute Gasteiger partial charge is 0.306 e. The molecule has 0 aliphatic heterocycles. The average molecular weight is 273 g/mol. The number of benzene rings is 1. The summed E-state index contributed by atoms with van der Waals surface area (Å²) in [5.74, 6) is -0.326. The number of nitro groups is 1. The van der Waals surface area contributed by atoms with Crippen LogP contribution < -0.4 is 5.32 Å². The van der Waals surface area contributed by atoms with E-state index in [1.807, 2.05) is 0 Å². The molecular weight excluding hydrogens is 260 g/mol. The molecule has 1 aromatic rings. The Morgan fingerprint density at radius 2 is 2.28 bits per heavy atom. The molecule has 0 fully saturated rings. The number of methoxy groups -OCH3 is 1. The van der Waals surface area contributed by atoms with Crippen LogP contribution in [0.2, 0.25) is 5.02 Å². The van der Waals surface area contributed by atoms with Gasteiger partial charge in [-0.3, -0.25) is 14.9 Å². The molecule has 0 saturated heterocycles. The van der Waals surface area contributed by atoms with Crippen LogP contribution in [0, 0.1) is 10.1 Å². The predicted octanol–water partition coefficient (Wildman–Crippen LogP) is 1.90. The van der Waals surface area contributed by atoms with Crippen LogP contribution in [0.25, 0.3) is 0 Å². The molecule has 0 amide bonds. The van der Waals surface area contributed by atoms with E-state index < -0.39 is 4.92 Å². The second kappa shape index (κ2) is 6.93. The van der Waals surface area contributed by atoms with E-state index in [9.17, 15) is 14.9 Å². The lowest BCUT2D eigenvalue weighted by molar-refractivity contribution is -0.385. The first-order chi connectivity index (χ1) is 8.54. The minimum atomic E-state index is -0.483. The van der Waals surface area contributed by atoms with E-state index in [0.717, 1.165) is 0 Å². The molecule has 1 aromatic carbocycles. The Kier molecular flexibility index (Phi) is 5.54. The van der Waals surface area contributed by atoms with Crippen LogP contribution in [0.1, 0.15) is 12.0 Å². The monoisotopic (exact) mass is 272 g/mol. The largest absolute Gasteiger partial charge is 0.469 e. The Balaban J connectivity index is 2.56. The Labute approximate surface area is 109 Å². The lowest BCUT2D eigenvalue weighted by atomic mass is 10.2. The van der Waals surface area contributed by atoms with Gasteiger partial charge < -0.3 is 10.1 Å². The number of rotatable bonds is 6. The summed E-state index contributed by atoms with van der Waals surface area (Å²) in [6.07, 6.45) is 0.220. The first kappa shape index (κ1) is 14.4. The number of hydrogen-bond donors (Lipinski definition) is 1. The molecule has 0 radical (unpaired) electrons. The minimum absolute atomic E-state index is 0.0342. The lowest BCUT2D eigenvalue weighted by Crippen LogP contribution is -2.19. The van der Waals surface area contributed by atoms with Gasteiger partial charge in [0.25, 0.3) is 5.69 Å². The summed E-state index contributed by atoms with van der Waals surface area (Å²) >= 11 is 5.70. The van der Waals surface area contributed by atoms with Crippen LogP contribution >= 0.6 is 11.6 Å². The molecule has 7 heteroatoms. The van der Waals surface area contributed by atoms with Crippen molar-refractivity contribution in [1.82, 2.24) is 5.32 Å². The van der Waals surface area contributed by atoms with E-state index in [2.05, 4.69) is 10.1 Å². The SMILES string of the molecule is COC(=O)CCNCc1ccc(Cl)cc1[N+](=O)[O-]. The molecule has 0 atom stereocenters. The first-order valence-electron chi connectivity index (χ1n) is 5.25. The van der Waals surface area contributed by atoms with E-state index in [4.69, 9.17) is 11.6 Å². The minimum Gasteiger partial charge on any atom is -0.469 e. The third kappa shape index (κ3) is 4.31. The van der Waals surface area contributed by atoms with Crippen molar-refractivity contribution in [3.05, 3.63) is 38.9 Å². The highest BCUT2D eigenvalue weighted by Gasteiger charge is 2.13. The van der Waals surface area contributed by atoms with Gasteiger partial charge in [0.1, 0.15) is 0 Å². The molecule has 1 rings (SSSR count). The van der Waals surface area contributed by atoms with Gasteiger partial charge in [0.15, 0.2) is 0 Å². The number of halogens is 1. The number of nitrogens with one attached hydrogen (secondary N) is 1. The van der Waals surface area contributed by atoms with E-state index in [1.165, 1.54) is 13.2 Å². The van der Waals surface area contributed by atoms with Crippen LogP contribution in [-0.2, 0) is 16.1 Å². The van der Waals surface area contributed by atoms with Crippen LogP contribution in [0.5, 0.6) is 0 Å². The van der Waals surface area contributed by atoms with Crippen molar-refractivity contribution < 1.29 is 14.5 Å². The molecule has 18 heavy (non-hydrogen) atoms.